The Morgan fingerprint density at radius 2 is 1.11 bits per heavy atom. The Bertz CT molecular complexity index is 620. The third-order valence-electron chi connectivity index (χ3n) is 5.72. The molecule has 0 aromatic carbocycles. The molecule has 36 heavy (non-hydrogen) atoms. The minimum Gasteiger partial charge on any atom is -0.463 e. The lowest BCUT2D eigenvalue weighted by molar-refractivity contribution is -0.164. The Morgan fingerprint density at radius 3 is 1.64 bits per heavy atom. The normalized spacial score (nSPS) is 13.4. The molecule has 0 saturated heterocycles. The van der Waals surface area contributed by atoms with Crippen LogP contribution in [0.4, 0.5) is 0 Å². The molecule has 0 aromatic heterocycles. The molecule has 0 fully saturated rings. The van der Waals surface area contributed by atoms with Crippen LogP contribution in [0.5, 0.6) is 0 Å². The maximum atomic E-state index is 12.3. The number of rotatable bonds is 22. The van der Waals surface area contributed by atoms with E-state index >= 15 is 0 Å². The number of hydrogen-bond donors (Lipinski definition) is 1. The molecule has 3 atom stereocenters. The first kappa shape index (κ1) is 33.8. The van der Waals surface area contributed by atoms with Gasteiger partial charge in [-0.05, 0) is 32.1 Å². The molecule has 0 radical (unpaired) electrons. The predicted molar refractivity (Wildman–Crippen MR) is 135 cm³/mol. The van der Waals surface area contributed by atoms with Gasteiger partial charge in [-0.2, -0.15) is 0 Å². The molecular weight excluding hydrogens is 468 g/mol. The Labute approximate surface area is 216 Å². The SMILES string of the molecule is CCCCCCCCCCC[C@H](CCC[C@H](CC(=O)O[C@@H](CO)COC(C)=O)OC(C)=O)OC(C)=O. The fraction of sp³-hybridized carbons (Fsp3) is 0.852. The number of unbranched alkanes of at least 4 members (excludes halogenated alkanes) is 8. The van der Waals surface area contributed by atoms with E-state index in [1.807, 2.05) is 0 Å². The fourth-order valence-electron chi connectivity index (χ4n) is 3.94. The van der Waals surface area contributed by atoms with E-state index in [0.717, 1.165) is 19.3 Å². The molecule has 0 aliphatic heterocycles. The number of esters is 4. The van der Waals surface area contributed by atoms with Gasteiger partial charge in [0.15, 0.2) is 6.10 Å². The van der Waals surface area contributed by atoms with Crippen molar-refractivity contribution >= 4 is 23.9 Å². The van der Waals surface area contributed by atoms with Crippen LogP contribution in [-0.4, -0.2) is 60.5 Å². The van der Waals surface area contributed by atoms with Crippen molar-refractivity contribution in [2.24, 2.45) is 0 Å². The first-order valence-electron chi connectivity index (χ1n) is 13.5. The molecule has 1 N–H and O–H groups in total. The van der Waals surface area contributed by atoms with Crippen molar-refractivity contribution in [1.82, 2.24) is 0 Å². The second-order valence-electron chi connectivity index (χ2n) is 9.31. The molecule has 0 unspecified atom stereocenters. The van der Waals surface area contributed by atoms with Crippen molar-refractivity contribution in [2.45, 2.75) is 136 Å². The van der Waals surface area contributed by atoms with Gasteiger partial charge in [-0.25, -0.2) is 0 Å². The molecule has 9 nitrogen and oxygen atoms in total. The van der Waals surface area contributed by atoms with Crippen LogP contribution < -0.4 is 0 Å². The third kappa shape index (κ3) is 21.1. The lowest BCUT2D eigenvalue weighted by Crippen LogP contribution is -2.30. The fourth-order valence-corrected chi connectivity index (χ4v) is 3.94. The van der Waals surface area contributed by atoms with Crippen LogP contribution in [0, 0.1) is 0 Å². The van der Waals surface area contributed by atoms with E-state index < -0.39 is 36.7 Å². The highest BCUT2D eigenvalue weighted by Gasteiger charge is 2.22. The van der Waals surface area contributed by atoms with E-state index in [4.69, 9.17) is 18.9 Å². The summed E-state index contributed by atoms with van der Waals surface area (Å²) in [6.07, 6.45) is 11.3. The Balaban J connectivity index is 4.49. The van der Waals surface area contributed by atoms with Crippen LogP contribution in [0.15, 0.2) is 0 Å². The summed E-state index contributed by atoms with van der Waals surface area (Å²) in [5.74, 6) is -2.05. The lowest BCUT2D eigenvalue weighted by Gasteiger charge is -2.21. The molecule has 9 heteroatoms. The number of aliphatic hydroxyl groups is 1. The van der Waals surface area contributed by atoms with E-state index in [0.29, 0.717) is 19.3 Å². The van der Waals surface area contributed by atoms with Crippen LogP contribution in [0.3, 0.4) is 0 Å². The molecular formula is C27H48O9. The number of carbonyl (C=O) groups is 4. The molecule has 0 aliphatic carbocycles. The first-order chi connectivity index (χ1) is 17.2. The number of ether oxygens (including phenoxy) is 4. The molecule has 0 spiro atoms. The van der Waals surface area contributed by atoms with Crippen LogP contribution >= 0.6 is 0 Å². The maximum absolute atomic E-state index is 12.3. The largest absolute Gasteiger partial charge is 0.463 e. The van der Waals surface area contributed by atoms with Gasteiger partial charge in [-0.3, -0.25) is 19.2 Å². The number of hydrogen-bond acceptors (Lipinski definition) is 9. The Morgan fingerprint density at radius 1 is 0.611 bits per heavy atom. The molecule has 0 saturated carbocycles. The standard InChI is InChI=1S/C27H48O9/c1-5-6-7-8-9-10-11-12-13-15-24(34-22(3)30)16-14-17-25(35-23(4)31)18-27(32)36-26(19-28)20-33-21(2)29/h24-26,28H,5-20H2,1-4H3/t24-,25-,26+/m1/s1. The van der Waals surface area contributed by atoms with Crippen LogP contribution in [0.2, 0.25) is 0 Å². The van der Waals surface area contributed by atoms with Crippen molar-refractivity contribution in [3.05, 3.63) is 0 Å². The zero-order valence-corrected chi connectivity index (χ0v) is 22.8. The summed E-state index contributed by atoms with van der Waals surface area (Å²) in [5, 5.41) is 9.31. The van der Waals surface area contributed by atoms with Gasteiger partial charge >= 0.3 is 23.9 Å². The zero-order chi connectivity index (χ0) is 27.2. The van der Waals surface area contributed by atoms with Crippen molar-refractivity contribution < 1.29 is 43.2 Å². The highest BCUT2D eigenvalue weighted by atomic mass is 16.6. The predicted octanol–water partition coefficient (Wildman–Crippen LogP) is 4.80. The van der Waals surface area contributed by atoms with Gasteiger partial charge < -0.3 is 24.1 Å². The topological polar surface area (TPSA) is 125 Å². The van der Waals surface area contributed by atoms with Gasteiger partial charge in [0.2, 0.25) is 0 Å². The van der Waals surface area contributed by atoms with E-state index in [2.05, 4.69) is 6.92 Å². The Hall–Kier alpha value is -2.16. The number of aliphatic hydroxyl groups excluding tert-OH is 1. The molecule has 0 rings (SSSR count). The summed E-state index contributed by atoms with van der Waals surface area (Å²) in [5.41, 5.74) is 0. The quantitative estimate of drug-likeness (QED) is 0.123. The second-order valence-corrected chi connectivity index (χ2v) is 9.31. The lowest BCUT2D eigenvalue weighted by atomic mass is 10.0. The summed E-state index contributed by atoms with van der Waals surface area (Å²) in [7, 11) is 0. The van der Waals surface area contributed by atoms with E-state index in [1.54, 1.807) is 0 Å². The van der Waals surface area contributed by atoms with E-state index in [-0.39, 0.29) is 25.1 Å². The molecule has 0 amide bonds. The van der Waals surface area contributed by atoms with Crippen molar-refractivity contribution in [2.75, 3.05) is 13.2 Å². The van der Waals surface area contributed by atoms with E-state index in [1.165, 1.54) is 65.7 Å². The minimum absolute atomic E-state index is 0.188. The van der Waals surface area contributed by atoms with Gasteiger partial charge in [-0.15, -0.1) is 0 Å². The van der Waals surface area contributed by atoms with Gasteiger partial charge in [0.05, 0.1) is 13.0 Å². The summed E-state index contributed by atoms with van der Waals surface area (Å²) in [6, 6.07) is 0. The third-order valence-corrected chi connectivity index (χ3v) is 5.72. The van der Waals surface area contributed by atoms with Crippen LogP contribution in [0.25, 0.3) is 0 Å². The second kappa shape index (κ2) is 22.1. The van der Waals surface area contributed by atoms with Crippen LogP contribution in [-0.2, 0) is 38.1 Å². The molecule has 0 aliphatic rings. The highest BCUT2D eigenvalue weighted by molar-refractivity contribution is 5.71. The maximum Gasteiger partial charge on any atom is 0.310 e. The van der Waals surface area contributed by atoms with Gasteiger partial charge in [0.25, 0.3) is 0 Å². The summed E-state index contributed by atoms with van der Waals surface area (Å²) in [4.78, 5) is 46.2. The molecule has 0 bridgehead atoms. The number of carbonyl (C=O) groups excluding carboxylic acids is 4. The molecule has 0 heterocycles. The van der Waals surface area contributed by atoms with Gasteiger partial charge in [-0.1, -0.05) is 58.3 Å². The molecule has 0 aromatic rings. The average Bonchev–Trinajstić information content (AvgIpc) is 2.79. The smallest absolute Gasteiger partial charge is 0.310 e. The monoisotopic (exact) mass is 516 g/mol. The molecule has 210 valence electrons. The first-order valence-corrected chi connectivity index (χ1v) is 13.5. The van der Waals surface area contributed by atoms with Crippen molar-refractivity contribution in [1.29, 1.82) is 0 Å². The summed E-state index contributed by atoms with van der Waals surface area (Å²) < 4.78 is 20.6. The Kier molecular flexibility index (Phi) is 20.7. The van der Waals surface area contributed by atoms with Crippen molar-refractivity contribution in [3.8, 4) is 0 Å². The van der Waals surface area contributed by atoms with Crippen LogP contribution in [0.1, 0.15) is 118 Å². The highest BCUT2D eigenvalue weighted by Crippen LogP contribution is 2.18. The van der Waals surface area contributed by atoms with E-state index in [9.17, 15) is 24.3 Å². The summed E-state index contributed by atoms with van der Waals surface area (Å²) in [6.45, 7) is 5.34. The van der Waals surface area contributed by atoms with Gasteiger partial charge in [0, 0.05) is 20.8 Å². The van der Waals surface area contributed by atoms with Crippen molar-refractivity contribution in [3.63, 3.8) is 0 Å². The minimum atomic E-state index is -0.982. The van der Waals surface area contributed by atoms with Gasteiger partial charge in [0.1, 0.15) is 18.8 Å². The summed E-state index contributed by atoms with van der Waals surface area (Å²) >= 11 is 0. The average molecular weight is 517 g/mol. The zero-order valence-electron chi connectivity index (χ0n) is 22.8.